The van der Waals surface area contributed by atoms with Crippen molar-refractivity contribution in [1.29, 1.82) is 0 Å². The van der Waals surface area contributed by atoms with Crippen molar-refractivity contribution in [3.63, 3.8) is 0 Å². The summed E-state index contributed by atoms with van der Waals surface area (Å²) < 4.78 is 5.39. The van der Waals surface area contributed by atoms with Crippen LogP contribution in [0.2, 0.25) is 5.02 Å². The van der Waals surface area contributed by atoms with Gasteiger partial charge in [-0.1, -0.05) is 47.5 Å². The first-order valence-electron chi connectivity index (χ1n) is 10.9. The first-order valence-corrected chi connectivity index (χ1v) is 11.3. The smallest absolute Gasteiger partial charge is 0.278 e. The second kappa shape index (κ2) is 9.86. The van der Waals surface area contributed by atoms with Crippen LogP contribution >= 0.6 is 11.6 Å². The number of hydrogen-bond donors (Lipinski definition) is 1. The maximum atomic E-state index is 13.4. The molecular formula is C25H28ClN3O3. The molecule has 4 rings (SSSR count). The van der Waals surface area contributed by atoms with Gasteiger partial charge in [0.15, 0.2) is 0 Å². The van der Waals surface area contributed by atoms with Crippen molar-refractivity contribution in [2.75, 3.05) is 44.7 Å². The molecule has 0 saturated carbocycles. The number of carbonyl (C=O) groups excluding carboxylic acids is 2. The Morgan fingerprint density at radius 1 is 0.969 bits per heavy atom. The summed E-state index contributed by atoms with van der Waals surface area (Å²) in [6, 6.07) is 13.1. The molecule has 0 radical (unpaired) electrons. The number of anilines is 1. The van der Waals surface area contributed by atoms with Crippen LogP contribution in [0, 0.1) is 13.8 Å². The summed E-state index contributed by atoms with van der Waals surface area (Å²) in [5, 5.41) is 3.78. The van der Waals surface area contributed by atoms with Crippen LogP contribution in [0.1, 0.15) is 23.1 Å². The average molecular weight is 454 g/mol. The van der Waals surface area contributed by atoms with Crippen LogP contribution < -0.4 is 5.32 Å². The van der Waals surface area contributed by atoms with E-state index in [4.69, 9.17) is 16.3 Å². The lowest BCUT2D eigenvalue weighted by molar-refractivity contribution is -0.136. The summed E-state index contributed by atoms with van der Waals surface area (Å²) in [4.78, 5) is 30.4. The highest BCUT2D eigenvalue weighted by molar-refractivity contribution is 6.36. The molecule has 2 heterocycles. The number of halogens is 1. The van der Waals surface area contributed by atoms with E-state index in [-0.39, 0.29) is 11.8 Å². The summed E-state index contributed by atoms with van der Waals surface area (Å²) >= 11 is 6.18. The van der Waals surface area contributed by atoms with Gasteiger partial charge in [0.2, 0.25) is 0 Å². The highest BCUT2D eigenvalue weighted by Crippen LogP contribution is 2.32. The minimum atomic E-state index is -0.299. The Bertz CT molecular complexity index is 1040. The zero-order valence-electron chi connectivity index (χ0n) is 18.5. The fraction of sp³-hybridized carbons (Fsp3) is 0.360. The summed E-state index contributed by atoms with van der Waals surface area (Å²) in [7, 11) is 0. The summed E-state index contributed by atoms with van der Waals surface area (Å²) in [5.74, 6) is -0.560. The fourth-order valence-corrected chi connectivity index (χ4v) is 4.20. The van der Waals surface area contributed by atoms with Crippen molar-refractivity contribution in [3.8, 4) is 0 Å². The third-order valence-corrected chi connectivity index (χ3v) is 6.16. The number of nitrogens with zero attached hydrogens (tertiary/aromatic N) is 2. The number of benzene rings is 2. The largest absolute Gasteiger partial charge is 0.379 e. The van der Waals surface area contributed by atoms with Crippen molar-refractivity contribution in [2.24, 2.45) is 0 Å². The van der Waals surface area contributed by atoms with Crippen molar-refractivity contribution < 1.29 is 14.3 Å². The van der Waals surface area contributed by atoms with Crippen LogP contribution in [0.25, 0.3) is 5.57 Å². The molecule has 0 bridgehead atoms. The lowest BCUT2D eigenvalue weighted by Gasteiger charge is -2.27. The van der Waals surface area contributed by atoms with Gasteiger partial charge in [-0.25, -0.2) is 0 Å². The molecule has 0 aliphatic carbocycles. The zero-order valence-corrected chi connectivity index (χ0v) is 19.2. The van der Waals surface area contributed by atoms with Gasteiger partial charge in [0.1, 0.15) is 5.70 Å². The van der Waals surface area contributed by atoms with E-state index in [1.807, 2.05) is 44.2 Å². The maximum Gasteiger partial charge on any atom is 0.278 e. The number of nitrogens with one attached hydrogen (secondary N) is 1. The minimum absolute atomic E-state index is 0.261. The van der Waals surface area contributed by atoms with Crippen molar-refractivity contribution in [1.82, 2.24) is 9.80 Å². The van der Waals surface area contributed by atoms with Gasteiger partial charge in [-0.15, -0.1) is 0 Å². The number of rotatable bonds is 7. The topological polar surface area (TPSA) is 61.9 Å². The van der Waals surface area contributed by atoms with Crippen LogP contribution in [-0.2, 0) is 14.3 Å². The van der Waals surface area contributed by atoms with E-state index in [0.717, 1.165) is 56.0 Å². The van der Waals surface area contributed by atoms with Gasteiger partial charge in [-0.3, -0.25) is 19.4 Å². The number of imide groups is 1. The highest BCUT2D eigenvalue weighted by Gasteiger charge is 2.39. The third kappa shape index (κ3) is 4.88. The standard InChI is InChI=1S/C25H28ClN3O3/c1-17-4-7-19(8-5-17)22-23(27-21-16-20(26)9-6-18(21)2)25(31)29(24(22)30)11-3-10-28-12-14-32-15-13-28/h4-9,16,27H,3,10-15H2,1-2H3. The number of amides is 2. The van der Waals surface area contributed by atoms with Gasteiger partial charge >= 0.3 is 0 Å². The molecule has 1 fully saturated rings. The van der Waals surface area contributed by atoms with Crippen LogP contribution in [0.4, 0.5) is 5.69 Å². The fourth-order valence-electron chi connectivity index (χ4n) is 4.02. The van der Waals surface area contributed by atoms with E-state index in [2.05, 4.69) is 10.2 Å². The van der Waals surface area contributed by atoms with E-state index in [0.29, 0.717) is 28.5 Å². The van der Waals surface area contributed by atoms with Gasteiger partial charge < -0.3 is 10.1 Å². The van der Waals surface area contributed by atoms with Crippen molar-refractivity contribution >= 4 is 34.7 Å². The molecule has 168 valence electrons. The lowest BCUT2D eigenvalue weighted by Crippen LogP contribution is -2.39. The maximum absolute atomic E-state index is 13.4. The molecule has 0 atom stereocenters. The average Bonchev–Trinajstić information content (AvgIpc) is 3.02. The van der Waals surface area contributed by atoms with Gasteiger partial charge in [-0.2, -0.15) is 0 Å². The molecule has 2 aromatic rings. The first kappa shape index (κ1) is 22.5. The molecule has 0 unspecified atom stereocenters. The highest BCUT2D eigenvalue weighted by atomic mass is 35.5. The van der Waals surface area contributed by atoms with E-state index in [1.54, 1.807) is 12.1 Å². The Labute approximate surface area is 193 Å². The SMILES string of the molecule is Cc1ccc(C2=C(Nc3cc(Cl)ccc3C)C(=O)N(CCCN3CCOCC3)C2=O)cc1. The second-order valence-electron chi connectivity index (χ2n) is 8.27. The van der Waals surface area contributed by atoms with Crippen LogP contribution in [-0.4, -0.2) is 61.0 Å². The third-order valence-electron chi connectivity index (χ3n) is 5.93. The molecular weight excluding hydrogens is 426 g/mol. The van der Waals surface area contributed by atoms with Crippen LogP contribution in [0.3, 0.4) is 0 Å². The van der Waals surface area contributed by atoms with Gasteiger partial charge in [-0.05, 0) is 43.5 Å². The predicted octanol–water partition coefficient (Wildman–Crippen LogP) is 3.87. The molecule has 2 aliphatic rings. The monoisotopic (exact) mass is 453 g/mol. The molecule has 0 aromatic heterocycles. The molecule has 2 aromatic carbocycles. The predicted molar refractivity (Wildman–Crippen MR) is 127 cm³/mol. The quantitative estimate of drug-likeness (QED) is 0.645. The Morgan fingerprint density at radius 3 is 2.41 bits per heavy atom. The van der Waals surface area contributed by atoms with E-state index in [1.165, 1.54) is 4.90 Å². The first-order chi connectivity index (χ1) is 15.4. The Hall–Kier alpha value is -2.67. The van der Waals surface area contributed by atoms with E-state index in [9.17, 15) is 9.59 Å². The number of aryl methyl sites for hydroxylation is 2. The molecule has 6 nitrogen and oxygen atoms in total. The second-order valence-corrected chi connectivity index (χ2v) is 8.71. The van der Waals surface area contributed by atoms with Gasteiger partial charge in [0.25, 0.3) is 11.8 Å². The van der Waals surface area contributed by atoms with Gasteiger partial charge in [0.05, 0.1) is 18.8 Å². The minimum Gasteiger partial charge on any atom is -0.379 e. The summed E-state index contributed by atoms with van der Waals surface area (Å²) in [6.45, 7) is 8.37. The number of ether oxygens (including phenoxy) is 1. The Morgan fingerprint density at radius 2 is 1.69 bits per heavy atom. The Balaban J connectivity index is 1.59. The number of carbonyl (C=O) groups is 2. The molecule has 7 heteroatoms. The van der Waals surface area contributed by atoms with Crippen molar-refractivity contribution in [2.45, 2.75) is 20.3 Å². The van der Waals surface area contributed by atoms with E-state index < -0.39 is 0 Å². The van der Waals surface area contributed by atoms with Crippen molar-refractivity contribution in [3.05, 3.63) is 69.9 Å². The lowest BCUT2D eigenvalue weighted by atomic mass is 10.0. The summed E-state index contributed by atoms with van der Waals surface area (Å²) in [5.41, 5.74) is 4.18. The molecule has 2 aliphatic heterocycles. The molecule has 1 N–H and O–H groups in total. The van der Waals surface area contributed by atoms with Crippen LogP contribution in [0.5, 0.6) is 0 Å². The normalized spacial score (nSPS) is 17.4. The molecule has 32 heavy (non-hydrogen) atoms. The van der Waals surface area contributed by atoms with E-state index >= 15 is 0 Å². The zero-order chi connectivity index (χ0) is 22.7. The molecule has 0 spiro atoms. The van der Waals surface area contributed by atoms with Crippen LogP contribution in [0.15, 0.2) is 48.2 Å². The molecule has 1 saturated heterocycles. The Kier molecular flexibility index (Phi) is 6.94. The summed E-state index contributed by atoms with van der Waals surface area (Å²) in [6.07, 6.45) is 0.724. The number of hydrogen-bond acceptors (Lipinski definition) is 5. The van der Waals surface area contributed by atoms with Gasteiger partial charge in [0, 0.05) is 36.9 Å². The molecule has 2 amide bonds. The number of morpholine rings is 1.